The molecule has 8 heteroatoms. The number of carbonyl (C=O) groups is 2. The van der Waals surface area contributed by atoms with Crippen LogP contribution in [0, 0.1) is 0 Å². The lowest BCUT2D eigenvalue weighted by molar-refractivity contribution is 0.0600. The second-order valence-corrected chi connectivity index (χ2v) is 10.00. The van der Waals surface area contributed by atoms with Crippen LogP contribution in [0.15, 0.2) is 59.5 Å². The molecule has 4 rings (SSSR count). The predicted octanol–water partition coefficient (Wildman–Crippen LogP) is 5.88. The number of amides is 1. The molecule has 0 atom stereocenters. The number of ether oxygens (including phenoxy) is 1. The van der Waals surface area contributed by atoms with Gasteiger partial charge in [-0.05, 0) is 47.6 Å². The van der Waals surface area contributed by atoms with Gasteiger partial charge in [0.15, 0.2) is 0 Å². The van der Waals surface area contributed by atoms with Gasteiger partial charge in [0.25, 0.3) is 5.91 Å². The molecule has 0 radical (unpaired) electrons. The fraction of sp³-hybridized carbons (Fsp3) is 0.280. The third kappa shape index (κ3) is 5.98. The number of thiophene rings is 1. The van der Waals surface area contributed by atoms with Crippen LogP contribution >= 0.6 is 35.5 Å². The summed E-state index contributed by atoms with van der Waals surface area (Å²) in [7, 11) is 1.38. The molecule has 0 saturated heterocycles. The number of esters is 1. The van der Waals surface area contributed by atoms with Gasteiger partial charge in [-0.2, -0.15) is 0 Å². The monoisotopic (exact) mass is 502 g/mol. The molecule has 0 saturated carbocycles. The number of hydrogen-bond acceptors (Lipinski definition) is 6. The van der Waals surface area contributed by atoms with E-state index in [-0.39, 0.29) is 18.3 Å². The number of hydrogen-bond donors (Lipinski definition) is 1. The highest BCUT2D eigenvalue weighted by Crippen LogP contribution is 2.38. The maximum Gasteiger partial charge on any atom is 0.341 e. The highest BCUT2D eigenvalue weighted by molar-refractivity contribution is 7.99. The van der Waals surface area contributed by atoms with Crippen LogP contribution in [-0.4, -0.2) is 36.2 Å². The summed E-state index contributed by atoms with van der Waals surface area (Å²) < 4.78 is 5.05. The maximum absolute atomic E-state index is 12.9. The number of halogens is 1. The topological polar surface area (TPSA) is 58.6 Å². The summed E-state index contributed by atoms with van der Waals surface area (Å²) >= 11 is 3.21. The molecule has 0 unspecified atom stereocenters. The average molecular weight is 503 g/mol. The molecule has 0 bridgehead atoms. The molecular formula is C25H27ClN2O3S2. The molecule has 1 N–H and O–H groups in total. The van der Waals surface area contributed by atoms with Crippen LogP contribution < -0.4 is 5.32 Å². The van der Waals surface area contributed by atoms with Crippen molar-refractivity contribution in [1.29, 1.82) is 0 Å². The van der Waals surface area contributed by atoms with E-state index in [1.807, 2.05) is 42.5 Å². The quantitative estimate of drug-likeness (QED) is 0.323. The van der Waals surface area contributed by atoms with Crippen molar-refractivity contribution >= 4 is 52.4 Å². The lowest BCUT2D eigenvalue weighted by Crippen LogP contribution is -2.29. The zero-order valence-electron chi connectivity index (χ0n) is 18.6. The van der Waals surface area contributed by atoms with Gasteiger partial charge in [-0.15, -0.1) is 35.5 Å². The molecule has 0 spiro atoms. The minimum absolute atomic E-state index is 0. The molecule has 1 aromatic heterocycles. The van der Waals surface area contributed by atoms with Crippen molar-refractivity contribution in [3.63, 3.8) is 0 Å². The largest absolute Gasteiger partial charge is 0.465 e. The first-order chi connectivity index (χ1) is 15.6. The van der Waals surface area contributed by atoms with Crippen LogP contribution in [0.25, 0.3) is 0 Å². The van der Waals surface area contributed by atoms with Crippen molar-refractivity contribution in [2.24, 2.45) is 0 Å². The summed E-state index contributed by atoms with van der Waals surface area (Å²) in [5, 5.41) is 3.54. The molecule has 1 aliphatic heterocycles. The molecule has 0 fully saturated rings. The first kappa shape index (κ1) is 25.3. The molecule has 0 aliphatic carbocycles. The highest BCUT2D eigenvalue weighted by atomic mass is 35.5. The Morgan fingerprint density at radius 1 is 1.12 bits per heavy atom. The van der Waals surface area contributed by atoms with Gasteiger partial charge < -0.3 is 10.1 Å². The van der Waals surface area contributed by atoms with Crippen LogP contribution in [0.1, 0.15) is 43.6 Å². The zero-order chi connectivity index (χ0) is 22.5. The number of nitrogens with one attached hydrogen (secondary N) is 1. The van der Waals surface area contributed by atoms with Crippen LogP contribution in [-0.2, 0) is 24.2 Å². The average Bonchev–Trinajstić information content (AvgIpc) is 3.17. The summed E-state index contributed by atoms with van der Waals surface area (Å²) in [6.45, 7) is 4.55. The summed E-state index contributed by atoms with van der Waals surface area (Å²) in [5.74, 6) is 0.364. The van der Waals surface area contributed by atoms with Crippen molar-refractivity contribution in [3.05, 3.63) is 81.7 Å². The molecule has 3 aromatic rings. The lowest BCUT2D eigenvalue weighted by Gasteiger charge is -2.27. The van der Waals surface area contributed by atoms with E-state index in [0.717, 1.165) is 47.1 Å². The van der Waals surface area contributed by atoms with E-state index in [2.05, 4.69) is 29.3 Å². The summed E-state index contributed by atoms with van der Waals surface area (Å²) in [5.41, 5.74) is 3.33. The second-order valence-electron chi connectivity index (χ2n) is 7.56. The molecule has 1 amide bonds. The fourth-order valence-corrected chi connectivity index (χ4v) is 5.82. The lowest BCUT2D eigenvalue weighted by atomic mass is 10.0. The van der Waals surface area contributed by atoms with Crippen molar-refractivity contribution < 1.29 is 14.3 Å². The highest BCUT2D eigenvalue weighted by Gasteiger charge is 2.29. The number of rotatable bonds is 7. The Labute approximate surface area is 208 Å². The fourth-order valence-electron chi connectivity index (χ4n) is 3.88. The predicted molar refractivity (Wildman–Crippen MR) is 138 cm³/mol. The number of methoxy groups -OCH3 is 1. The summed E-state index contributed by atoms with van der Waals surface area (Å²) in [6, 6.07) is 17.9. The third-order valence-corrected chi connectivity index (χ3v) is 7.46. The first-order valence-electron chi connectivity index (χ1n) is 10.6. The Morgan fingerprint density at radius 3 is 2.52 bits per heavy atom. The Morgan fingerprint density at radius 2 is 1.85 bits per heavy atom. The number of fused-ring (bicyclic) bond motifs is 1. The van der Waals surface area contributed by atoms with Crippen LogP contribution in [0.2, 0.25) is 0 Å². The first-order valence-corrected chi connectivity index (χ1v) is 12.4. The molecular weight excluding hydrogens is 476 g/mol. The molecule has 5 nitrogen and oxygen atoms in total. The molecule has 2 heterocycles. The van der Waals surface area contributed by atoms with Gasteiger partial charge >= 0.3 is 5.97 Å². The Hall–Kier alpha value is -2.32. The minimum atomic E-state index is -0.399. The van der Waals surface area contributed by atoms with Crippen LogP contribution in [0.3, 0.4) is 0 Å². The van der Waals surface area contributed by atoms with Gasteiger partial charge in [-0.25, -0.2) is 4.79 Å². The van der Waals surface area contributed by atoms with Crippen LogP contribution in [0.5, 0.6) is 0 Å². The normalized spacial score (nSPS) is 13.0. The Kier molecular flexibility index (Phi) is 8.97. The van der Waals surface area contributed by atoms with E-state index in [4.69, 9.17) is 4.74 Å². The van der Waals surface area contributed by atoms with Gasteiger partial charge in [0, 0.05) is 35.0 Å². The molecule has 2 aromatic carbocycles. The van der Waals surface area contributed by atoms with Crippen LogP contribution in [0.4, 0.5) is 5.00 Å². The standard InChI is InChI=1S/C25H26N2O3S2.ClH/c1-3-31-19-11-9-18(10-12-19)23(28)26-24-22(25(29)30-2)20-13-14-27(16-21(20)32-24)15-17-7-5-4-6-8-17;/h4-12H,3,13-16H2,1-2H3,(H,26,28);1H. The smallest absolute Gasteiger partial charge is 0.341 e. The Balaban J connectivity index is 0.00000306. The van der Waals surface area contributed by atoms with E-state index in [9.17, 15) is 9.59 Å². The van der Waals surface area contributed by atoms with E-state index in [0.29, 0.717) is 16.1 Å². The minimum Gasteiger partial charge on any atom is -0.465 e. The molecule has 174 valence electrons. The number of nitrogens with zero attached hydrogens (tertiary/aromatic N) is 1. The van der Waals surface area contributed by atoms with E-state index >= 15 is 0 Å². The van der Waals surface area contributed by atoms with Crippen molar-refractivity contribution in [3.8, 4) is 0 Å². The number of thioether (sulfide) groups is 1. The van der Waals surface area contributed by atoms with Crippen molar-refractivity contribution in [2.45, 2.75) is 31.3 Å². The zero-order valence-corrected chi connectivity index (χ0v) is 21.1. The van der Waals surface area contributed by atoms with Gasteiger partial charge in [0.2, 0.25) is 0 Å². The summed E-state index contributed by atoms with van der Waals surface area (Å²) in [4.78, 5) is 30.1. The number of benzene rings is 2. The van der Waals surface area contributed by atoms with Gasteiger partial charge in [0.05, 0.1) is 12.7 Å². The van der Waals surface area contributed by atoms with Crippen molar-refractivity contribution in [1.82, 2.24) is 4.90 Å². The van der Waals surface area contributed by atoms with Gasteiger partial charge in [-0.3, -0.25) is 9.69 Å². The third-order valence-electron chi connectivity index (χ3n) is 5.43. The summed E-state index contributed by atoms with van der Waals surface area (Å²) in [6.07, 6.45) is 0.752. The van der Waals surface area contributed by atoms with E-state index in [1.54, 1.807) is 11.8 Å². The van der Waals surface area contributed by atoms with Gasteiger partial charge in [-0.1, -0.05) is 37.3 Å². The SMILES string of the molecule is CCSc1ccc(C(=O)Nc2sc3c(c2C(=O)OC)CCN(Cc2ccccc2)C3)cc1.Cl. The van der Waals surface area contributed by atoms with Gasteiger partial charge in [0.1, 0.15) is 5.00 Å². The van der Waals surface area contributed by atoms with Crippen molar-refractivity contribution in [2.75, 3.05) is 24.7 Å². The number of carbonyl (C=O) groups excluding carboxylic acids is 2. The second kappa shape index (κ2) is 11.7. The van der Waals surface area contributed by atoms with E-state index in [1.165, 1.54) is 24.0 Å². The molecule has 33 heavy (non-hydrogen) atoms. The molecule has 1 aliphatic rings. The van der Waals surface area contributed by atoms with E-state index < -0.39 is 5.97 Å². The number of anilines is 1. The maximum atomic E-state index is 12.9. The Bertz CT molecular complexity index is 1100.